The smallest absolute Gasteiger partial charge is 0.251 e. The Morgan fingerprint density at radius 2 is 2.08 bits per heavy atom. The number of rotatable bonds is 6. The average molecular weight is 357 g/mol. The highest BCUT2D eigenvalue weighted by atomic mass is 32.2. The van der Waals surface area contributed by atoms with Crippen LogP contribution in [0.15, 0.2) is 41.3 Å². The molecule has 0 aromatic heterocycles. The Balaban J connectivity index is 1.73. The van der Waals surface area contributed by atoms with Crippen LogP contribution >= 0.6 is 11.8 Å². The minimum Gasteiger partial charge on any atom is -0.494 e. The molecule has 0 radical (unpaired) electrons. The molecule has 0 bridgehead atoms. The van der Waals surface area contributed by atoms with Crippen molar-refractivity contribution in [3.05, 3.63) is 53.1 Å². The predicted octanol–water partition coefficient (Wildman–Crippen LogP) is 4.06. The summed E-state index contributed by atoms with van der Waals surface area (Å²) < 4.78 is 11.6. The number of hydrogen-bond donors (Lipinski definition) is 1. The van der Waals surface area contributed by atoms with Crippen LogP contribution in [-0.2, 0) is 13.0 Å². The Labute approximate surface area is 152 Å². The fraction of sp³-hybridized carbons (Fsp3) is 0.350. The van der Waals surface area contributed by atoms with Crippen molar-refractivity contribution in [3.8, 4) is 11.5 Å². The number of carbonyl (C=O) groups is 1. The molecule has 2 aromatic rings. The van der Waals surface area contributed by atoms with Crippen molar-refractivity contribution in [2.24, 2.45) is 0 Å². The molecule has 1 heterocycles. The lowest BCUT2D eigenvalue weighted by Crippen LogP contribution is -2.23. The fourth-order valence-corrected chi connectivity index (χ4v) is 3.34. The molecule has 132 valence electrons. The van der Waals surface area contributed by atoms with Gasteiger partial charge in [-0.15, -0.1) is 11.8 Å². The van der Waals surface area contributed by atoms with Gasteiger partial charge in [0, 0.05) is 34.6 Å². The number of ether oxygens (including phenoxy) is 2. The summed E-state index contributed by atoms with van der Waals surface area (Å²) in [5, 5.41) is 2.97. The second kappa shape index (κ2) is 7.83. The molecule has 0 spiro atoms. The van der Waals surface area contributed by atoms with Crippen molar-refractivity contribution in [1.82, 2.24) is 5.32 Å². The van der Waals surface area contributed by atoms with Gasteiger partial charge in [-0.05, 0) is 56.5 Å². The summed E-state index contributed by atoms with van der Waals surface area (Å²) >= 11 is 1.66. The van der Waals surface area contributed by atoms with E-state index in [0.29, 0.717) is 18.7 Å². The van der Waals surface area contributed by atoms with E-state index in [2.05, 4.69) is 12.2 Å². The summed E-state index contributed by atoms with van der Waals surface area (Å²) in [6.45, 7) is 5.01. The maximum Gasteiger partial charge on any atom is 0.251 e. The monoisotopic (exact) mass is 357 g/mol. The van der Waals surface area contributed by atoms with E-state index in [0.717, 1.165) is 28.4 Å². The largest absolute Gasteiger partial charge is 0.494 e. The molecule has 1 aliphatic rings. The highest BCUT2D eigenvalue weighted by Crippen LogP contribution is 2.35. The second-order valence-electron chi connectivity index (χ2n) is 6.04. The Morgan fingerprint density at radius 3 is 2.76 bits per heavy atom. The van der Waals surface area contributed by atoms with Crippen LogP contribution in [0.3, 0.4) is 0 Å². The van der Waals surface area contributed by atoms with E-state index in [4.69, 9.17) is 9.47 Å². The van der Waals surface area contributed by atoms with Crippen LogP contribution in [0.4, 0.5) is 0 Å². The van der Waals surface area contributed by atoms with Gasteiger partial charge < -0.3 is 14.8 Å². The molecular formula is C20H23NO3S. The first-order chi connectivity index (χ1) is 12.1. The van der Waals surface area contributed by atoms with E-state index >= 15 is 0 Å². The third-order valence-electron chi connectivity index (χ3n) is 4.17. The van der Waals surface area contributed by atoms with Crippen LogP contribution < -0.4 is 14.8 Å². The average Bonchev–Trinajstić information content (AvgIpc) is 2.98. The van der Waals surface area contributed by atoms with Crippen molar-refractivity contribution in [3.63, 3.8) is 0 Å². The minimum absolute atomic E-state index is 0.0927. The first-order valence-electron chi connectivity index (χ1n) is 8.48. The number of amides is 1. The lowest BCUT2D eigenvalue weighted by atomic mass is 10.1. The molecule has 1 aliphatic heterocycles. The van der Waals surface area contributed by atoms with E-state index in [-0.39, 0.29) is 12.0 Å². The van der Waals surface area contributed by atoms with E-state index < -0.39 is 0 Å². The number of thioether (sulfide) groups is 1. The van der Waals surface area contributed by atoms with E-state index in [1.165, 1.54) is 5.56 Å². The van der Waals surface area contributed by atoms with Gasteiger partial charge in [-0.3, -0.25) is 4.79 Å². The summed E-state index contributed by atoms with van der Waals surface area (Å²) in [4.78, 5) is 13.5. The molecule has 2 aromatic carbocycles. The standard InChI is InChI=1S/C20H23NO3S/c1-4-23-18-10-15-9-13(2)24-19(15)11-16(18)12-21-20(22)14-5-7-17(25-3)8-6-14/h5-8,10-11,13H,4,9,12H2,1-3H3,(H,21,22)/t13-/m1/s1. The highest BCUT2D eigenvalue weighted by molar-refractivity contribution is 7.98. The first kappa shape index (κ1) is 17.7. The van der Waals surface area contributed by atoms with Gasteiger partial charge in [0.15, 0.2) is 0 Å². The normalized spacial score (nSPS) is 15.4. The van der Waals surface area contributed by atoms with Crippen LogP contribution in [0.25, 0.3) is 0 Å². The van der Waals surface area contributed by atoms with Gasteiger partial charge in [0.25, 0.3) is 5.91 Å². The molecular weight excluding hydrogens is 334 g/mol. The topological polar surface area (TPSA) is 47.6 Å². The zero-order chi connectivity index (χ0) is 17.8. The Hall–Kier alpha value is -2.14. The van der Waals surface area contributed by atoms with E-state index in [1.807, 2.05) is 49.6 Å². The van der Waals surface area contributed by atoms with Gasteiger partial charge in [0.05, 0.1) is 6.61 Å². The number of benzene rings is 2. The van der Waals surface area contributed by atoms with Crippen LogP contribution in [0, 0.1) is 0 Å². The lowest BCUT2D eigenvalue weighted by molar-refractivity contribution is 0.0950. The van der Waals surface area contributed by atoms with Crippen LogP contribution in [-0.4, -0.2) is 24.9 Å². The van der Waals surface area contributed by atoms with Crippen molar-refractivity contribution < 1.29 is 14.3 Å². The lowest BCUT2D eigenvalue weighted by Gasteiger charge is -2.13. The van der Waals surface area contributed by atoms with Crippen molar-refractivity contribution >= 4 is 17.7 Å². The van der Waals surface area contributed by atoms with Gasteiger partial charge in [-0.1, -0.05) is 0 Å². The molecule has 0 saturated heterocycles. The Bertz CT molecular complexity index is 758. The van der Waals surface area contributed by atoms with Crippen LogP contribution in [0.5, 0.6) is 11.5 Å². The summed E-state index contributed by atoms with van der Waals surface area (Å²) in [7, 11) is 0. The summed E-state index contributed by atoms with van der Waals surface area (Å²) in [5.41, 5.74) is 2.75. The molecule has 4 nitrogen and oxygen atoms in total. The third-order valence-corrected chi connectivity index (χ3v) is 4.91. The number of hydrogen-bond acceptors (Lipinski definition) is 4. The SMILES string of the molecule is CCOc1cc2c(cc1CNC(=O)c1ccc(SC)cc1)O[C@H](C)C2. The molecule has 0 aliphatic carbocycles. The summed E-state index contributed by atoms with van der Waals surface area (Å²) in [5.74, 6) is 1.62. The van der Waals surface area contributed by atoms with Crippen LogP contribution in [0.1, 0.15) is 35.3 Å². The molecule has 1 amide bonds. The molecule has 1 N–H and O–H groups in total. The molecule has 0 saturated carbocycles. The second-order valence-corrected chi connectivity index (χ2v) is 6.92. The third kappa shape index (κ3) is 4.10. The highest BCUT2D eigenvalue weighted by Gasteiger charge is 2.22. The molecule has 25 heavy (non-hydrogen) atoms. The molecule has 3 rings (SSSR count). The van der Waals surface area contributed by atoms with Crippen molar-refractivity contribution in [2.45, 2.75) is 37.8 Å². The van der Waals surface area contributed by atoms with Crippen molar-refractivity contribution in [1.29, 1.82) is 0 Å². The molecule has 1 atom stereocenters. The van der Waals surface area contributed by atoms with Crippen molar-refractivity contribution in [2.75, 3.05) is 12.9 Å². The van der Waals surface area contributed by atoms with Gasteiger partial charge in [-0.25, -0.2) is 0 Å². The number of nitrogens with one attached hydrogen (secondary N) is 1. The van der Waals surface area contributed by atoms with Gasteiger partial charge in [0.2, 0.25) is 0 Å². The fourth-order valence-electron chi connectivity index (χ4n) is 2.93. The molecule has 0 unspecified atom stereocenters. The Kier molecular flexibility index (Phi) is 5.53. The predicted molar refractivity (Wildman–Crippen MR) is 101 cm³/mol. The summed E-state index contributed by atoms with van der Waals surface area (Å²) in [6.07, 6.45) is 3.09. The zero-order valence-electron chi connectivity index (χ0n) is 14.8. The number of carbonyl (C=O) groups excluding carboxylic acids is 1. The van der Waals surface area contributed by atoms with E-state index in [9.17, 15) is 4.79 Å². The maximum absolute atomic E-state index is 12.4. The van der Waals surface area contributed by atoms with Gasteiger partial charge in [-0.2, -0.15) is 0 Å². The van der Waals surface area contributed by atoms with Gasteiger partial charge >= 0.3 is 0 Å². The van der Waals surface area contributed by atoms with Crippen LogP contribution in [0.2, 0.25) is 0 Å². The molecule has 5 heteroatoms. The first-order valence-corrected chi connectivity index (χ1v) is 9.70. The molecule has 0 fully saturated rings. The maximum atomic E-state index is 12.4. The van der Waals surface area contributed by atoms with Gasteiger partial charge in [0.1, 0.15) is 17.6 Å². The summed E-state index contributed by atoms with van der Waals surface area (Å²) in [6, 6.07) is 11.6. The number of fused-ring (bicyclic) bond motifs is 1. The quantitative estimate of drug-likeness (QED) is 0.792. The minimum atomic E-state index is -0.0927. The Morgan fingerprint density at radius 1 is 1.32 bits per heavy atom. The van der Waals surface area contributed by atoms with E-state index in [1.54, 1.807) is 11.8 Å². The zero-order valence-corrected chi connectivity index (χ0v) is 15.6.